The number of unbranched alkanes of at least 4 members (excludes halogenated alkanes) is 1. The van der Waals surface area contributed by atoms with E-state index in [9.17, 15) is 22.8 Å². The van der Waals surface area contributed by atoms with Crippen LogP contribution in [0.1, 0.15) is 31.7 Å². The largest absolute Gasteiger partial charge is 0.477 e. The number of para-hydroxylation sites is 1. The number of hydrogen-bond acceptors (Lipinski definition) is 3. The molecule has 8 heteroatoms. The summed E-state index contributed by atoms with van der Waals surface area (Å²) in [4.78, 5) is 22.2. The first kappa shape index (κ1) is 18.5. The van der Waals surface area contributed by atoms with Crippen molar-refractivity contribution in [3.05, 3.63) is 41.1 Å². The van der Waals surface area contributed by atoms with Crippen molar-refractivity contribution in [2.75, 3.05) is 5.32 Å². The van der Waals surface area contributed by atoms with Crippen LogP contribution in [0.2, 0.25) is 0 Å². The molecule has 3 N–H and O–H groups in total. The average Bonchev–Trinajstić information content (AvgIpc) is 2.43. The molecule has 0 heterocycles. The molecule has 1 aromatic carbocycles. The Morgan fingerprint density at radius 3 is 2.17 bits per heavy atom. The molecule has 0 fully saturated rings. The van der Waals surface area contributed by atoms with Gasteiger partial charge in [0.1, 0.15) is 0 Å². The average molecular weight is 331 g/mol. The molecule has 126 valence electrons. The van der Waals surface area contributed by atoms with Crippen LogP contribution in [0, 0.1) is 0 Å². The normalized spacial score (nSPS) is 11.0. The number of nitrogens with one attached hydrogen (secondary N) is 1. The van der Waals surface area contributed by atoms with Crippen LogP contribution in [-0.2, 0) is 15.8 Å². The summed E-state index contributed by atoms with van der Waals surface area (Å²) in [6.45, 7) is 1.79. The molecule has 1 aromatic rings. The number of hydrogen-bond donors (Lipinski definition) is 3. The Morgan fingerprint density at radius 2 is 1.70 bits per heavy atom. The van der Waals surface area contributed by atoms with Crippen LogP contribution in [0.4, 0.5) is 18.9 Å². The Morgan fingerprint density at radius 1 is 1.13 bits per heavy atom. The molecule has 0 saturated heterocycles. The lowest BCUT2D eigenvalue weighted by molar-refractivity contribution is -0.140. The number of anilines is 1. The minimum Gasteiger partial charge on any atom is -0.477 e. The monoisotopic (exact) mass is 331 g/mol. The summed E-state index contributed by atoms with van der Waals surface area (Å²) in [6.07, 6.45) is -3.58. The second kappa shape index (κ2) is 7.66. The number of allylic oxidation sites excluding steroid dienone is 1. The molecule has 0 aliphatic rings. The number of aliphatic carboxylic acids is 2. The summed E-state index contributed by atoms with van der Waals surface area (Å²) >= 11 is 0. The summed E-state index contributed by atoms with van der Waals surface area (Å²) in [5.41, 5.74) is -2.60. The van der Waals surface area contributed by atoms with Crippen LogP contribution >= 0.6 is 0 Å². The summed E-state index contributed by atoms with van der Waals surface area (Å²) in [7, 11) is 0. The number of carboxylic acids is 2. The van der Waals surface area contributed by atoms with Gasteiger partial charge in [-0.05, 0) is 25.0 Å². The molecule has 5 nitrogen and oxygen atoms in total. The second-order valence-electron chi connectivity index (χ2n) is 4.74. The summed E-state index contributed by atoms with van der Waals surface area (Å²) < 4.78 is 38.9. The number of carbonyl (C=O) groups is 2. The molecule has 1 rings (SSSR count). The highest BCUT2D eigenvalue weighted by Gasteiger charge is 2.34. The van der Waals surface area contributed by atoms with Gasteiger partial charge >= 0.3 is 18.1 Å². The Labute approximate surface area is 130 Å². The van der Waals surface area contributed by atoms with Gasteiger partial charge < -0.3 is 15.5 Å². The predicted octanol–water partition coefficient (Wildman–Crippen LogP) is 3.73. The molecular weight excluding hydrogens is 315 g/mol. The number of rotatable bonds is 7. The molecule has 0 radical (unpaired) electrons. The van der Waals surface area contributed by atoms with Crippen molar-refractivity contribution in [3.63, 3.8) is 0 Å². The van der Waals surface area contributed by atoms with Gasteiger partial charge in [-0.25, -0.2) is 9.59 Å². The fraction of sp³-hybridized carbons (Fsp3) is 0.333. The molecule has 0 amide bonds. The maximum absolute atomic E-state index is 13.0. The zero-order valence-corrected chi connectivity index (χ0v) is 12.3. The van der Waals surface area contributed by atoms with Gasteiger partial charge in [-0.2, -0.15) is 13.2 Å². The summed E-state index contributed by atoms with van der Waals surface area (Å²) in [5, 5.41) is 20.4. The Balaban J connectivity index is 3.35. The predicted molar refractivity (Wildman–Crippen MR) is 76.9 cm³/mol. The Hall–Kier alpha value is -2.51. The number of halogens is 3. The minimum absolute atomic E-state index is 0.0105. The van der Waals surface area contributed by atoms with Crippen molar-refractivity contribution in [1.29, 1.82) is 0 Å². The van der Waals surface area contributed by atoms with E-state index in [2.05, 4.69) is 5.32 Å². The lowest BCUT2D eigenvalue weighted by Gasteiger charge is -2.17. The van der Waals surface area contributed by atoms with Gasteiger partial charge in [-0.15, -0.1) is 0 Å². The topological polar surface area (TPSA) is 86.6 Å². The molecular formula is C15H16F3NO4. The van der Waals surface area contributed by atoms with Gasteiger partial charge in [0.2, 0.25) is 0 Å². The van der Waals surface area contributed by atoms with Crippen molar-refractivity contribution in [3.8, 4) is 0 Å². The van der Waals surface area contributed by atoms with Crippen LogP contribution in [0.25, 0.3) is 0 Å². The van der Waals surface area contributed by atoms with Gasteiger partial charge in [-0.3, -0.25) is 0 Å². The van der Waals surface area contributed by atoms with Crippen molar-refractivity contribution in [2.24, 2.45) is 0 Å². The molecule has 0 aliphatic heterocycles. The first-order chi connectivity index (χ1) is 10.7. The first-order valence-electron chi connectivity index (χ1n) is 6.81. The third-order valence-electron chi connectivity index (χ3n) is 3.03. The number of benzene rings is 1. The van der Waals surface area contributed by atoms with Crippen molar-refractivity contribution >= 4 is 17.6 Å². The summed E-state index contributed by atoms with van der Waals surface area (Å²) in [6, 6.07) is 4.49. The van der Waals surface area contributed by atoms with Crippen molar-refractivity contribution in [2.45, 2.75) is 32.4 Å². The van der Waals surface area contributed by atoms with Crippen LogP contribution in [0.5, 0.6) is 0 Å². The van der Waals surface area contributed by atoms with E-state index in [0.29, 0.717) is 12.8 Å². The zero-order chi connectivity index (χ0) is 17.6. The highest BCUT2D eigenvalue weighted by atomic mass is 19.4. The van der Waals surface area contributed by atoms with E-state index in [1.165, 1.54) is 12.1 Å². The van der Waals surface area contributed by atoms with Gasteiger partial charge in [0.25, 0.3) is 0 Å². The Bertz CT molecular complexity index is 607. The number of alkyl halides is 3. The first-order valence-corrected chi connectivity index (χ1v) is 6.81. The van der Waals surface area contributed by atoms with Crippen LogP contribution in [0.3, 0.4) is 0 Å². The van der Waals surface area contributed by atoms with Gasteiger partial charge in [0, 0.05) is 5.70 Å². The van der Waals surface area contributed by atoms with E-state index in [-0.39, 0.29) is 17.8 Å². The van der Waals surface area contributed by atoms with Gasteiger partial charge in [0.15, 0.2) is 5.57 Å². The molecule has 0 aromatic heterocycles. The number of carboxylic acid groups (broad SMARTS) is 2. The highest BCUT2D eigenvalue weighted by molar-refractivity contribution is 6.13. The Kier molecular flexibility index (Phi) is 6.18. The van der Waals surface area contributed by atoms with E-state index in [1.807, 2.05) is 0 Å². The molecule has 0 bridgehead atoms. The van der Waals surface area contributed by atoms with Crippen molar-refractivity contribution < 1.29 is 33.0 Å². The van der Waals surface area contributed by atoms with Crippen LogP contribution in [0.15, 0.2) is 35.5 Å². The van der Waals surface area contributed by atoms with E-state index in [1.54, 1.807) is 6.92 Å². The second-order valence-corrected chi connectivity index (χ2v) is 4.74. The van der Waals surface area contributed by atoms with Gasteiger partial charge in [0.05, 0.1) is 11.3 Å². The third kappa shape index (κ3) is 5.01. The van der Waals surface area contributed by atoms with E-state index < -0.39 is 29.3 Å². The SMILES string of the molecule is CCCCC(Nc1ccccc1C(F)(F)F)=C(C(=O)O)C(=O)O. The lowest BCUT2D eigenvalue weighted by Crippen LogP contribution is -2.19. The zero-order valence-electron chi connectivity index (χ0n) is 12.3. The van der Waals surface area contributed by atoms with E-state index >= 15 is 0 Å². The van der Waals surface area contributed by atoms with E-state index in [0.717, 1.165) is 12.1 Å². The van der Waals surface area contributed by atoms with Gasteiger partial charge in [-0.1, -0.05) is 25.5 Å². The fourth-order valence-corrected chi connectivity index (χ4v) is 1.96. The molecule has 0 saturated carbocycles. The molecule has 0 spiro atoms. The lowest BCUT2D eigenvalue weighted by atomic mass is 10.1. The highest BCUT2D eigenvalue weighted by Crippen LogP contribution is 2.35. The molecule has 0 unspecified atom stereocenters. The smallest absolute Gasteiger partial charge is 0.418 e. The van der Waals surface area contributed by atoms with E-state index in [4.69, 9.17) is 10.2 Å². The fourth-order valence-electron chi connectivity index (χ4n) is 1.96. The molecule has 23 heavy (non-hydrogen) atoms. The van der Waals surface area contributed by atoms with Crippen LogP contribution in [-0.4, -0.2) is 22.2 Å². The molecule has 0 atom stereocenters. The standard InChI is InChI=1S/C15H16F3NO4/c1-2-3-7-11(12(13(20)21)14(22)23)19-10-8-5-4-6-9(10)15(16,17)18/h4-6,8,19H,2-3,7H2,1H3,(H,20,21)(H,22,23). The maximum atomic E-state index is 13.0. The van der Waals surface area contributed by atoms with Crippen LogP contribution < -0.4 is 5.32 Å². The van der Waals surface area contributed by atoms with Crippen molar-refractivity contribution in [1.82, 2.24) is 0 Å². The summed E-state index contributed by atoms with van der Waals surface area (Å²) in [5.74, 6) is -3.42. The molecule has 0 aliphatic carbocycles. The third-order valence-corrected chi connectivity index (χ3v) is 3.03. The quantitative estimate of drug-likeness (QED) is 0.403. The minimum atomic E-state index is -4.65. The maximum Gasteiger partial charge on any atom is 0.418 e.